The van der Waals surface area contributed by atoms with Gasteiger partial charge in [0.15, 0.2) is 17.2 Å². The van der Waals surface area contributed by atoms with Gasteiger partial charge in [0.2, 0.25) is 11.4 Å². The summed E-state index contributed by atoms with van der Waals surface area (Å²) in [6.45, 7) is 0. The number of ether oxygens (including phenoxy) is 3. The normalized spacial score (nSPS) is 14.7. The Balaban J connectivity index is 0.00000289. The number of methoxy groups -OCH3 is 3. The van der Waals surface area contributed by atoms with Crippen molar-refractivity contribution in [3.05, 3.63) is 57.5 Å². The fourth-order valence-electron chi connectivity index (χ4n) is 3.26. The molecule has 4 rings (SSSR count). The lowest BCUT2D eigenvalue weighted by Crippen LogP contribution is -2.99. The van der Waals surface area contributed by atoms with Crippen molar-refractivity contribution in [3.63, 3.8) is 0 Å². The molecule has 0 spiro atoms. The van der Waals surface area contributed by atoms with Crippen LogP contribution in [0.15, 0.2) is 51.0 Å². The van der Waals surface area contributed by atoms with Crippen molar-refractivity contribution in [1.82, 2.24) is 0 Å². The second-order valence-corrected chi connectivity index (χ2v) is 8.63. The summed E-state index contributed by atoms with van der Waals surface area (Å²) in [4.78, 5) is 13.7. The van der Waals surface area contributed by atoms with Crippen LogP contribution in [0.1, 0.15) is 10.4 Å². The molecular weight excluding hydrogens is 476 g/mol. The molecule has 0 bridgehead atoms. The van der Waals surface area contributed by atoms with Crippen molar-refractivity contribution in [2.75, 3.05) is 21.3 Å². The van der Waals surface area contributed by atoms with Gasteiger partial charge in [-0.15, -0.1) is 17.0 Å². The van der Waals surface area contributed by atoms with E-state index in [0.29, 0.717) is 33.4 Å². The number of carbonyl (C=O) groups is 1. The standard InChI is InChI=1S/C21H19N2O6S2.ClH/c1-27-16-7-12(8-17(28-2)19(16)29-3)9-18-20(24)22-15(11-30-21(22)31-18)13-5-4-6-14(10-13)23(25)26;/h4-11,23,25H,1-3H3;1H/q+1;/b18-9-;. The maximum atomic E-state index is 13.2. The average Bonchev–Trinajstić information content (AvgIpc) is 3.33. The lowest BCUT2D eigenvalue weighted by Gasteiger charge is -2.12. The topological polar surface area (TPSA) is 96.4 Å². The van der Waals surface area contributed by atoms with Gasteiger partial charge in [0.1, 0.15) is 4.91 Å². The van der Waals surface area contributed by atoms with E-state index in [1.807, 2.05) is 5.38 Å². The highest BCUT2D eigenvalue weighted by Crippen LogP contribution is 2.41. The summed E-state index contributed by atoms with van der Waals surface area (Å²) in [5.74, 6) is 1.30. The molecule has 1 aliphatic heterocycles. The third-order valence-corrected chi connectivity index (χ3v) is 6.83. The number of nitrogens with one attached hydrogen (secondary N) is 1. The van der Waals surface area contributed by atoms with Crippen LogP contribution < -0.4 is 24.0 Å². The number of nitrogens with zero attached hydrogens (tertiary/aromatic N) is 1. The minimum absolute atomic E-state index is 0. The molecule has 0 saturated carbocycles. The Hall–Kier alpha value is -2.60. The van der Waals surface area contributed by atoms with Crippen molar-refractivity contribution in [2.45, 2.75) is 4.34 Å². The number of rotatable bonds is 6. The van der Waals surface area contributed by atoms with Crippen molar-refractivity contribution >= 4 is 53.2 Å². The number of aromatic nitrogens is 1. The fourth-order valence-corrected chi connectivity index (χ4v) is 5.44. The number of carbonyl (C=O) groups excluding carboxylic acids is 1. The third kappa shape index (κ3) is 4.33. The van der Waals surface area contributed by atoms with Gasteiger partial charge in [0.25, 0.3) is 0 Å². The first-order chi connectivity index (χ1) is 15.0. The Kier molecular flexibility index (Phi) is 7.44. The molecule has 2 N–H and O–H groups in total. The largest absolute Gasteiger partial charge is 0.595 e. The Bertz CT molecular complexity index is 1170. The molecule has 11 heteroatoms. The summed E-state index contributed by atoms with van der Waals surface area (Å²) >= 11 is 2.80. The Morgan fingerprint density at radius 3 is 2.38 bits per heavy atom. The quantitative estimate of drug-likeness (QED) is 0.307. The number of benzene rings is 2. The summed E-state index contributed by atoms with van der Waals surface area (Å²) in [6.07, 6.45) is 1.77. The van der Waals surface area contributed by atoms with Crippen LogP contribution in [0.25, 0.3) is 17.3 Å². The number of thiazole rings is 1. The second kappa shape index (κ2) is 9.90. The van der Waals surface area contributed by atoms with E-state index < -0.39 is 5.23 Å². The van der Waals surface area contributed by atoms with Crippen LogP contribution in [0.5, 0.6) is 17.2 Å². The molecule has 168 valence electrons. The summed E-state index contributed by atoms with van der Waals surface area (Å²) < 4.78 is 18.5. The number of allylic oxidation sites excluding steroid dienone is 1. The molecule has 1 aliphatic rings. The Labute approximate surface area is 198 Å². The van der Waals surface area contributed by atoms with Crippen molar-refractivity contribution in [1.29, 1.82) is 0 Å². The van der Waals surface area contributed by atoms with Gasteiger partial charge in [0.05, 0.1) is 32.3 Å². The molecule has 0 saturated heterocycles. The zero-order valence-corrected chi connectivity index (χ0v) is 19.7. The van der Waals surface area contributed by atoms with Crippen LogP contribution in [-0.4, -0.2) is 32.4 Å². The molecule has 8 nitrogen and oxygen atoms in total. The minimum Gasteiger partial charge on any atom is -0.595 e. The highest BCUT2D eigenvalue weighted by Gasteiger charge is 2.41. The van der Waals surface area contributed by atoms with E-state index in [1.165, 1.54) is 50.5 Å². The van der Waals surface area contributed by atoms with E-state index in [4.69, 9.17) is 14.2 Å². The van der Waals surface area contributed by atoms with Crippen LogP contribution >= 0.6 is 35.5 Å². The molecule has 0 aliphatic carbocycles. The molecular formula is C21H20ClN2O6S2+. The molecule has 32 heavy (non-hydrogen) atoms. The van der Waals surface area contributed by atoms with Crippen LogP contribution in [0.3, 0.4) is 0 Å². The zero-order valence-electron chi connectivity index (χ0n) is 17.3. The van der Waals surface area contributed by atoms with Crippen molar-refractivity contribution < 1.29 is 34.0 Å². The molecule has 2 aromatic carbocycles. The minimum atomic E-state index is -1.01. The average molecular weight is 496 g/mol. The van der Waals surface area contributed by atoms with Gasteiger partial charge in [-0.25, -0.2) is 10.0 Å². The summed E-state index contributed by atoms with van der Waals surface area (Å²) in [6, 6.07) is 10.1. The number of halogens is 1. The maximum absolute atomic E-state index is 13.2. The van der Waals surface area contributed by atoms with Gasteiger partial charge in [-0.3, -0.25) is 0 Å². The summed E-state index contributed by atoms with van der Waals surface area (Å²) in [5, 5.41) is 21.4. The predicted octanol–water partition coefficient (Wildman–Crippen LogP) is 3.34. The molecule has 0 amide bonds. The molecule has 1 unspecified atom stereocenters. The molecule has 1 aromatic heterocycles. The van der Waals surface area contributed by atoms with E-state index in [-0.39, 0.29) is 24.0 Å². The molecule has 1 atom stereocenters. The smallest absolute Gasteiger partial charge is 0.433 e. The van der Waals surface area contributed by atoms with E-state index in [9.17, 15) is 15.2 Å². The SMILES string of the molecule is COc1cc(/C=C2\Sc3scc(-c4cccc([NH+]([O-])O)c4)[n+]3C2=O)cc(OC)c1OC.Cl. The third-order valence-electron chi connectivity index (χ3n) is 4.70. The summed E-state index contributed by atoms with van der Waals surface area (Å²) in [5.41, 5.74) is 2.24. The van der Waals surface area contributed by atoms with Crippen LogP contribution in [0.4, 0.5) is 5.69 Å². The van der Waals surface area contributed by atoms with Crippen LogP contribution in [-0.2, 0) is 0 Å². The molecule has 0 fully saturated rings. The van der Waals surface area contributed by atoms with Crippen molar-refractivity contribution in [2.24, 2.45) is 0 Å². The molecule has 2 heterocycles. The second-order valence-electron chi connectivity index (χ2n) is 6.48. The van der Waals surface area contributed by atoms with Crippen molar-refractivity contribution in [3.8, 4) is 28.5 Å². The first-order valence-electron chi connectivity index (χ1n) is 9.08. The molecule has 0 radical (unpaired) electrons. The maximum Gasteiger partial charge on any atom is 0.433 e. The van der Waals surface area contributed by atoms with Gasteiger partial charge in [-0.2, -0.15) is 5.23 Å². The number of fused-ring (bicyclic) bond motifs is 1. The zero-order chi connectivity index (χ0) is 22.1. The van der Waals surface area contributed by atoms with Crippen LogP contribution in [0.2, 0.25) is 0 Å². The highest BCUT2D eigenvalue weighted by atomic mass is 35.5. The lowest BCUT2D eigenvalue weighted by molar-refractivity contribution is -0.991. The monoisotopic (exact) mass is 495 g/mol. The van der Waals surface area contributed by atoms with Gasteiger partial charge in [0, 0.05) is 23.9 Å². The predicted molar refractivity (Wildman–Crippen MR) is 124 cm³/mol. The summed E-state index contributed by atoms with van der Waals surface area (Å²) in [7, 11) is 4.60. The van der Waals surface area contributed by atoms with E-state index in [2.05, 4.69) is 0 Å². The molecule has 3 aromatic rings. The first kappa shape index (κ1) is 24.1. The highest BCUT2D eigenvalue weighted by molar-refractivity contribution is 8.05. The van der Waals surface area contributed by atoms with Crippen LogP contribution in [0, 0.1) is 5.21 Å². The van der Waals surface area contributed by atoms with Gasteiger partial charge in [-0.05, 0) is 29.8 Å². The Morgan fingerprint density at radius 2 is 1.78 bits per heavy atom. The van der Waals surface area contributed by atoms with E-state index in [0.717, 1.165) is 9.90 Å². The number of hydrogen-bond acceptors (Lipinski definition) is 8. The van der Waals surface area contributed by atoms with E-state index >= 15 is 0 Å². The fraction of sp³-hybridized carbons (Fsp3) is 0.143. The number of quaternary nitrogens is 1. The lowest BCUT2D eigenvalue weighted by atomic mass is 10.1. The van der Waals surface area contributed by atoms with Gasteiger partial charge in [-0.1, -0.05) is 17.4 Å². The number of hydrogen-bond donors (Lipinski definition) is 2. The number of thioether (sulfide) groups is 1. The van der Waals surface area contributed by atoms with Gasteiger partial charge >= 0.3 is 10.2 Å². The van der Waals surface area contributed by atoms with Gasteiger partial charge < -0.3 is 19.4 Å². The Morgan fingerprint density at radius 1 is 1.09 bits per heavy atom. The first-order valence-corrected chi connectivity index (χ1v) is 10.8. The van der Waals surface area contributed by atoms with E-state index in [1.54, 1.807) is 41.0 Å².